The highest BCUT2D eigenvalue weighted by atomic mass is 16.6. The quantitative estimate of drug-likeness (QED) is 0.0261. The Balaban J connectivity index is 4.09. The normalized spacial score (nSPS) is 12.3. The highest BCUT2D eigenvalue weighted by Gasteiger charge is 2.19. The van der Waals surface area contributed by atoms with E-state index in [1.54, 1.807) is 0 Å². The van der Waals surface area contributed by atoms with Gasteiger partial charge in [-0.3, -0.25) is 14.4 Å². The van der Waals surface area contributed by atoms with E-state index < -0.39 is 6.10 Å². The van der Waals surface area contributed by atoms with E-state index >= 15 is 0 Å². The van der Waals surface area contributed by atoms with Gasteiger partial charge in [0.2, 0.25) is 0 Å². The van der Waals surface area contributed by atoms with Crippen LogP contribution in [0.3, 0.4) is 0 Å². The first-order chi connectivity index (χ1) is 39.5. The fraction of sp³-hybridized carbons (Fsp3) is 0.851. The smallest absolute Gasteiger partial charge is 0.306 e. The van der Waals surface area contributed by atoms with Crippen molar-refractivity contribution in [1.29, 1.82) is 0 Å². The Morgan fingerprint density at radius 3 is 0.762 bits per heavy atom. The number of esters is 3. The van der Waals surface area contributed by atoms with Crippen molar-refractivity contribution in [2.24, 2.45) is 0 Å². The standard InChI is InChI=1S/C74H136O6/c1-4-7-10-13-16-19-22-25-27-29-30-31-32-33-34-35-36-37-38-39-40-41-42-43-44-46-47-49-52-55-58-61-64-67-73(76)79-70-71(69-78-72(75)66-63-60-57-54-51-24-21-18-15-12-9-6-3)80-74(77)68-65-62-59-56-53-50-48-45-28-26-23-20-17-14-11-8-5-2/h8,11,17,20,26,28,48,50,71H,4-7,9-10,12-16,18-19,21-25,27,29-47,49,51-70H2,1-3H3/b11-8-,20-17-,28-26-,50-48-. The zero-order chi connectivity index (χ0) is 57.8. The number of rotatable bonds is 66. The summed E-state index contributed by atoms with van der Waals surface area (Å²) in [5, 5.41) is 0. The molecule has 80 heavy (non-hydrogen) atoms. The van der Waals surface area contributed by atoms with Gasteiger partial charge in [-0.1, -0.05) is 358 Å². The zero-order valence-electron chi connectivity index (χ0n) is 53.9. The maximum absolute atomic E-state index is 12.9. The van der Waals surface area contributed by atoms with Gasteiger partial charge in [0.1, 0.15) is 13.2 Å². The Kier molecular flexibility index (Phi) is 66.6. The third-order valence-corrected chi connectivity index (χ3v) is 16.1. The molecule has 0 radical (unpaired) electrons. The molecule has 0 saturated heterocycles. The lowest BCUT2D eigenvalue weighted by atomic mass is 10.0. The number of ether oxygens (including phenoxy) is 3. The lowest BCUT2D eigenvalue weighted by Gasteiger charge is -2.18. The zero-order valence-corrected chi connectivity index (χ0v) is 53.9. The van der Waals surface area contributed by atoms with Gasteiger partial charge < -0.3 is 14.2 Å². The molecule has 0 aromatic heterocycles. The Hall–Kier alpha value is -2.63. The first-order valence-electron chi connectivity index (χ1n) is 35.6. The molecule has 0 aromatic rings. The molecule has 0 spiro atoms. The molecule has 0 aliphatic heterocycles. The van der Waals surface area contributed by atoms with E-state index in [2.05, 4.69) is 69.4 Å². The molecule has 1 unspecified atom stereocenters. The lowest BCUT2D eigenvalue weighted by Crippen LogP contribution is -2.30. The molecule has 0 N–H and O–H groups in total. The maximum Gasteiger partial charge on any atom is 0.306 e. The summed E-state index contributed by atoms with van der Waals surface area (Å²) in [6, 6.07) is 0. The first kappa shape index (κ1) is 77.4. The van der Waals surface area contributed by atoms with Crippen molar-refractivity contribution in [2.45, 2.75) is 393 Å². The average Bonchev–Trinajstić information content (AvgIpc) is 3.46. The molecular formula is C74H136O6. The van der Waals surface area contributed by atoms with Gasteiger partial charge in [-0.25, -0.2) is 0 Å². The van der Waals surface area contributed by atoms with Crippen molar-refractivity contribution in [3.63, 3.8) is 0 Å². The van der Waals surface area contributed by atoms with Gasteiger partial charge in [0.15, 0.2) is 6.10 Å². The van der Waals surface area contributed by atoms with Crippen molar-refractivity contribution in [3.05, 3.63) is 48.6 Å². The van der Waals surface area contributed by atoms with Crippen molar-refractivity contribution >= 4 is 17.9 Å². The van der Waals surface area contributed by atoms with E-state index in [9.17, 15) is 14.4 Å². The van der Waals surface area contributed by atoms with Crippen molar-refractivity contribution in [2.75, 3.05) is 13.2 Å². The fourth-order valence-corrected chi connectivity index (χ4v) is 10.8. The molecule has 0 aromatic carbocycles. The Bertz CT molecular complexity index is 1380. The summed E-state index contributed by atoms with van der Waals surface area (Å²) in [6.07, 6.45) is 87.4. The highest BCUT2D eigenvalue weighted by Crippen LogP contribution is 2.19. The van der Waals surface area contributed by atoms with Gasteiger partial charge in [0.25, 0.3) is 0 Å². The number of carbonyl (C=O) groups excluding carboxylic acids is 3. The van der Waals surface area contributed by atoms with E-state index in [1.165, 1.54) is 250 Å². The van der Waals surface area contributed by atoms with Gasteiger partial charge in [-0.15, -0.1) is 0 Å². The van der Waals surface area contributed by atoms with E-state index in [1.807, 2.05) is 0 Å². The number of hydrogen-bond acceptors (Lipinski definition) is 6. The largest absolute Gasteiger partial charge is 0.462 e. The van der Waals surface area contributed by atoms with Crippen LogP contribution in [-0.2, 0) is 28.6 Å². The van der Waals surface area contributed by atoms with Gasteiger partial charge in [-0.2, -0.15) is 0 Å². The van der Waals surface area contributed by atoms with Crippen LogP contribution in [0.1, 0.15) is 387 Å². The molecule has 1 atom stereocenters. The average molecular weight is 1120 g/mol. The van der Waals surface area contributed by atoms with Crippen molar-refractivity contribution in [3.8, 4) is 0 Å². The summed E-state index contributed by atoms with van der Waals surface area (Å²) in [4.78, 5) is 38.3. The van der Waals surface area contributed by atoms with Gasteiger partial charge in [0, 0.05) is 19.3 Å². The predicted molar refractivity (Wildman–Crippen MR) is 349 cm³/mol. The van der Waals surface area contributed by atoms with E-state index in [4.69, 9.17) is 14.2 Å². The second-order valence-corrected chi connectivity index (χ2v) is 24.1. The summed E-state index contributed by atoms with van der Waals surface area (Å²) in [5.41, 5.74) is 0. The van der Waals surface area contributed by atoms with Crippen LogP contribution in [0, 0.1) is 0 Å². The van der Waals surface area contributed by atoms with Gasteiger partial charge in [-0.05, 0) is 57.8 Å². The molecule has 0 aliphatic rings. The molecule has 0 rings (SSSR count). The minimum absolute atomic E-state index is 0.0784. The fourth-order valence-electron chi connectivity index (χ4n) is 10.8. The van der Waals surface area contributed by atoms with Crippen LogP contribution >= 0.6 is 0 Å². The number of hydrogen-bond donors (Lipinski definition) is 0. The van der Waals surface area contributed by atoms with E-state index in [-0.39, 0.29) is 31.1 Å². The monoisotopic (exact) mass is 1120 g/mol. The molecule has 0 heterocycles. The van der Waals surface area contributed by atoms with Crippen LogP contribution < -0.4 is 0 Å². The van der Waals surface area contributed by atoms with Crippen LogP contribution in [0.4, 0.5) is 0 Å². The van der Waals surface area contributed by atoms with Gasteiger partial charge in [0.05, 0.1) is 0 Å². The predicted octanol–water partition coefficient (Wildman–Crippen LogP) is 24.5. The summed E-state index contributed by atoms with van der Waals surface area (Å²) >= 11 is 0. The van der Waals surface area contributed by atoms with Crippen LogP contribution in [0.5, 0.6) is 0 Å². The topological polar surface area (TPSA) is 78.9 Å². The number of unbranched alkanes of at least 4 members (excludes halogenated alkanes) is 47. The second-order valence-electron chi connectivity index (χ2n) is 24.1. The maximum atomic E-state index is 12.9. The Morgan fingerprint density at radius 1 is 0.263 bits per heavy atom. The second kappa shape index (κ2) is 68.9. The van der Waals surface area contributed by atoms with Crippen LogP contribution in [-0.4, -0.2) is 37.2 Å². The first-order valence-corrected chi connectivity index (χ1v) is 35.6. The lowest BCUT2D eigenvalue weighted by molar-refractivity contribution is -0.167. The summed E-state index contributed by atoms with van der Waals surface area (Å²) in [6.45, 7) is 6.57. The number of carbonyl (C=O) groups is 3. The molecule has 6 nitrogen and oxygen atoms in total. The van der Waals surface area contributed by atoms with Crippen LogP contribution in [0.25, 0.3) is 0 Å². The minimum Gasteiger partial charge on any atom is -0.462 e. The van der Waals surface area contributed by atoms with Crippen LogP contribution in [0.15, 0.2) is 48.6 Å². The molecule has 0 aliphatic carbocycles. The van der Waals surface area contributed by atoms with Crippen LogP contribution in [0.2, 0.25) is 0 Å². The molecule has 0 amide bonds. The Labute approximate surface area is 498 Å². The Morgan fingerprint density at radius 2 is 0.487 bits per heavy atom. The summed E-state index contributed by atoms with van der Waals surface area (Å²) in [7, 11) is 0. The van der Waals surface area contributed by atoms with E-state index in [0.717, 1.165) is 96.3 Å². The summed E-state index contributed by atoms with van der Waals surface area (Å²) in [5.74, 6) is -0.879. The third-order valence-electron chi connectivity index (χ3n) is 16.1. The van der Waals surface area contributed by atoms with Crippen molar-refractivity contribution < 1.29 is 28.6 Å². The molecule has 0 bridgehead atoms. The molecule has 0 saturated carbocycles. The molecular weight excluding hydrogens is 985 g/mol. The van der Waals surface area contributed by atoms with E-state index in [0.29, 0.717) is 19.3 Å². The minimum atomic E-state index is -0.784. The number of allylic oxidation sites excluding steroid dienone is 8. The van der Waals surface area contributed by atoms with Gasteiger partial charge >= 0.3 is 17.9 Å². The summed E-state index contributed by atoms with van der Waals surface area (Å²) < 4.78 is 16.9. The van der Waals surface area contributed by atoms with Crippen molar-refractivity contribution in [1.82, 2.24) is 0 Å². The molecule has 6 heteroatoms. The third kappa shape index (κ3) is 66.2. The molecule has 0 fully saturated rings. The SMILES string of the molecule is CC/C=C\C/C=C\C/C=C\C/C=C\CCCCCCC(=O)OC(COC(=O)CCCCCCCCCCCCCC)COC(=O)CCCCCCCCCCCCCCCCCCCCCCCCCCCCCCCCCCC. The highest BCUT2D eigenvalue weighted by molar-refractivity contribution is 5.71. The molecule has 468 valence electrons.